The molecule has 0 spiro atoms. The zero-order chi connectivity index (χ0) is 10.5. The SMILES string of the molecule is OC1(c2ccc(F)cc2)CC2CCC1C2. The maximum absolute atomic E-state index is 12.8. The van der Waals surface area contributed by atoms with E-state index >= 15 is 0 Å². The molecule has 0 heterocycles. The van der Waals surface area contributed by atoms with Crippen LogP contribution in [0.5, 0.6) is 0 Å². The first kappa shape index (κ1) is 9.34. The molecule has 3 rings (SSSR count). The summed E-state index contributed by atoms with van der Waals surface area (Å²) in [6.45, 7) is 0. The van der Waals surface area contributed by atoms with E-state index in [1.54, 1.807) is 12.1 Å². The molecule has 3 atom stereocenters. The highest BCUT2D eigenvalue weighted by Gasteiger charge is 2.50. The van der Waals surface area contributed by atoms with Gasteiger partial charge in [-0.25, -0.2) is 4.39 Å². The second-order valence-corrected chi connectivity index (χ2v) is 5.01. The van der Waals surface area contributed by atoms with E-state index in [-0.39, 0.29) is 5.82 Å². The second kappa shape index (κ2) is 3.05. The van der Waals surface area contributed by atoms with Gasteiger partial charge >= 0.3 is 0 Å². The van der Waals surface area contributed by atoms with Crippen molar-refractivity contribution in [2.45, 2.75) is 31.3 Å². The molecule has 1 nitrogen and oxygen atoms in total. The summed E-state index contributed by atoms with van der Waals surface area (Å²) in [4.78, 5) is 0. The van der Waals surface area contributed by atoms with Crippen LogP contribution in [0.1, 0.15) is 31.2 Å². The normalized spacial score (nSPS) is 38.5. The van der Waals surface area contributed by atoms with Crippen molar-refractivity contribution < 1.29 is 9.50 Å². The van der Waals surface area contributed by atoms with Gasteiger partial charge in [-0.2, -0.15) is 0 Å². The molecule has 1 N–H and O–H groups in total. The molecule has 1 aromatic rings. The van der Waals surface area contributed by atoms with Gasteiger partial charge in [0, 0.05) is 0 Å². The van der Waals surface area contributed by atoms with Gasteiger partial charge < -0.3 is 5.11 Å². The fourth-order valence-corrected chi connectivity index (χ4v) is 3.39. The maximum atomic E-state index is 12.8. The first-order chi connectivity index (χ1) is 7.18. The molecule has 2 aliphatic rings. The number of aliphatic hydroxyl groups is 1. The summed E-state index contributed by atoms with van der Waals surface area (Å²) in [5.41, 5.74) is 0.229. The van der Waals surface area contributed by atoms with E-state index in [2.05, 4.69) is 0 Å². The molecule has 3 unspecified atom stereocenters. The molecule has 0 aliphatic heterocycles. The molecule has 0 radical (unpaired) electrons. The zero-order valence-electron chi connectivity index (χ0n) is 8.62. The summed E-state index contributed by atoms with van der Waals surface area (Å²) in [6.07, 6.45) is 4.39. The largest absolute Gasteiger partial charge is 0.385 e. The van der Waals surface area contributed by atoms with Crippen molar-refractivity contribution in [3.05, 3.63) is 35.6 Å². The Balaban J connectivity index is 1.96. The Morgan fingerprint density at radius 2 is 1.93 bits per heavy atom. The second-order valence-electron chi connectivity index (χ2n) is 5.01. The van der Waals surface area contributed by atoms with E-state index in [0.29, 0.717) is 11.8 Å². The van der Waals surface area contributed by atoms with Gasteiger partial charge in [-0.3, -0.25) is 0 Å². The number of halogens is 1. The summed E-state index contributed by atoms with van der Waals surface area (Å²) in [5, 5.41) is 10.6. The minimum Gasteiger partial charge on any atom is -0.385 e. The summed E-state index contributed by atoms with van der Waals surface area (Å²) < 4.78 is 12.8. The lowest BCUT2D eigenvalue weighted by atomic mass is 9.79. The quantitative estimate of drug-likeness (QED) is 0.749. The van der Waals surface area contributed by atoms with Gasteiger partial charge in [0.05, 0.1) is 5.60 Å². The maximum Gasteiger partial charge on any atom is 0.123 e. The monoisotopic (exact) mass is 206 g/mol. The van der Waals surface area contributed by atoms with Crippen LogP contribution in [0.25, 0.3) is 0 Å². The minimum absolute atomic E-state index is 0.231. The summed E-state index contributed by atoms with van der Waals surface area (Å²) >= 11 is 0. The fourth-order valence-electron chi connectivity index (χ4n) is 3.39. The van der Waals surface area contributed by atoms with Gasteiger partial charge in [-0.15, -0.1) is 0 Å². The van der Waals surface area contributed by atoms with Gasteiger partial charge in [0.15, 0.2) is 0 Å². The first-order valence-corrected chi connectivity index (χ1v) is 5.67. The van der Waals surface area contributed by atoms with E-state index in [1.807, 2.05) is 0 Å². The predicted octanol–water partition coefficient (Wildman–Crippen LogP) is 2.83. The lowest BCUT2D eigenvalue weighted by molar-refractivity contribution is -0.0182. The van der Waals surface area contributed by atoms with Crippen LogP contribution in [0.15, 0.2) is 24.3 Å². The van der Waals surface area contributed by atoms with Crippen LogP contribution in [0.2, 0.25) is 0 Å². The van der Waals surface area contributed by atoms with Crippen molar-refractivity contribution in [1.82, 2.24) is 0 Å². The molecule has 2 heteroatoms. The van der Waals surface area contributed by atoms with Crippen molar-refractivity contribution in [2.24, 2.45) is 11.8 Å². The Morgan fingerprint density at radius 1 is 1.20 bits per heavy atom. The van der Waals surface area contributed by atoms with Gasteiger partial charge in [-0.1, -0.05) is 12.1 Å². The lowest BCUT2D eigenvalue weighted by Gasteiger charge is -2.32. The number of rotatable bonds is 1. The van der Waals surface area contributed by atoms with Gasteiger partial charge in [-0.05, 0) is 55.2 Å². The highest BCUT2D eigenvalue weighted by molar-refractivity contribution is 5.26. The van der Waals surface area contributed by atoms with Crippen molar-refractivity contribution >= 4 is 0 Å². The zero-order valence-corrected chi connectivity index (χ0v) is 8.62. The van der Waals surface area contributed by atoms with Crippen LogP contribution in [0.4, 0.5) is 4.39 Å². The van der Waals surface area contributed by atoms with Crippen LogP contribution < -0.4 is 0 Å². The third-order valence-corrected chi connectivity index (χ3v) is 4.16. The molecular weight excluding hydrogens is 191 g/mol. The Morgan fingerprint density at radius 3 is 2.47 bits per heavy atom. The van der Waals surface area contributed by atoms with Crippen molar-refractivity contribution in [2.75, 3.05) is 0 Å². The molecule has 0 saturated heterocycles. The van der Waals surface area contributed by atoms with Crippen molar-refractivity contribution in [3.8, 4) is 0 Å². The standard InChI is InChI=1S/C13H15FO/c14-12-5-3-10(4-6-12)13(15)8-9-1-2-11(13)7-9/h3-6,9,11,15H,1-2,7-8H2. The van der Waals surface area contributed by atoms with E-state index < -0.39 is 5.60 Å². The van der Waals surface area contributed by atoms with E-state index in [1.165, 1.54) is 18.6 Å². The average Bonchev–Trinajstić information content (AvgIpc) is 2.78. The average molecular weight is 206 g/mol. The van der Waals surface area contributed by atoms with Crippen LogP contribution >= 0.6 is 0 Å². The third kappa shape index (κ3) is 1.31. The van der Waals surface area contributed by atoms with Crippen LogP contribution in [-0.2, 0) is 5.60 Å². The van der Waals surface area contributed by atoms with Crippen LogP contribution in [0.3, 0.4) is 0 Å². The molecule has 0 aromatic heterocycles. The molecule has 2 bridgehead atoms. The topological polar surface area (TPSA) is 20.2 Å². The Kier molecular flexibility index (Phi) is 1.90. The van der Waals surface area contributed by atoms with Crippen molar-refractivity contribution in [1.29, 1.82) is 0 Å². The lowest BCUT2D eigenvalue weighted by Crippen LogP contribution is -2.32. The molecule has 0 amide bonds. The fraction of sp³-hybridized carbons (Fsp3) is 0.538. The smallest absolute Gasteiger partial charge is 0.123 e. The Bertz CT molecular complexity index is 373. The van der Waals surface area contributed by atoms with E-state index in [4.69, 9.17) is 0 Å². The molecule has 2 aliphatic carbocycles. The Labute approximate surface area is 88.9 Å². The van der Waals surface area contributed by atoms with Crippen molar-refractivity contribution in [3.63, 3.8) is 0 Å². The molecule has 2 fully saturated rings. The highest BCUT2D eigenvalue weighted by Crippen LogP contribution is 2.55. The van der Waals surface area contributed by atoms with E-state index in [9.17, 15) is 9.50 Å². The molecule has 2 saturated carbocycles. The summed E-state index contributed by atoms with van der Waals surface area (Å²) in [7, 11) is 0. The van der Waals surface area contributed by atoms with E-state index in [0.717, 1.165) is 24.8 Å². The minimum atomic E-state index is -0.670. The van der Waals surface area contributed by atoms with Gasteiger partial charge in [0.25, 0.3) is 0 Å². The van der Waals surface area contributed by atoms with Crippen LogP contribution in [-0.4, -0.2) is 5.11 Å². The van der Waals surface area contributed by atoms with Crippen LogP contribution in [0, 0.1) is 17.7 Å². The summed E-state index contributed by atoms with van der Waals surface area (Å²) in [5.74, 6) is 0.850. The Hall–Kier alpha value is -0.890. The molecular formula is C13H15FO. The number of hydrogen-bond acceptors (Lipinski definition) is 1. The molecule has 1 aromatic carbocycles. The van der Waals surface area contributed by atoms with Gasteiger partial charge in [0.1, 0.15) is 5.82 Å². The highest BCUT2D eigenvalue weighted by atomic mass is 19.1. The number of benzene rings is 1. The predicted molar refractivity (Wildman–Crippen MR) is 55.7 cm³/mol. The summed E-state index contributed by atoms with van der Waals surface area (Å²) in [6, 6.07) is 6.35. The van der Waals surface area contributed by atoms with Gasteiger partial charge in [0.2, 0.25) is 0 Å². The number of hydrogen-bond donors (Lipinski definition) is 1. The first-order valence-electron chi connectivity index (χ1n) is 5.67. The molecule has 80 valence electrons. The number of fused-ring (bicyclic) bond motifs is 2. The molecule has 15 heavy (non-hydrogen) atoms. The third-order valence-electron chi connectivity index (χ3n) is 4.16.